The maximum Gasteiger partial charge on any atom is 0.329 e. The number of aryl methyl sites for hydroxylation is 2. The highest BCUT2D eigenvalue weighted by molar-refractivity contribution is 5.87. The second-order valence-electron chi connectivity index (χ2n) is 5.63. The molecule has 1 aromatic carbocycles. The van der Waals surface area contributed by atoms with Gasteiger partial charge < -0.3 is 10.4 Å². The van der Waals surface area contributed by atoms with Crippen molar-refractivity contribution >= 4 is 11.9 Å². The van der Waals surface area contributed by atoms with Crippen molar-refractivity contribution in [1.82, 2.24) is 5.32 Å². The summed E-state index contributed by atoms with van der Waals surface area (Å²) in [4.78, 5) is 23.4. The molecule has 1 amide bonds. The summed E-state index contributed by atoms with van der Waals surface area (Å²) in [5, 5.41) is 12.1. The van der Waals surface area contributed by atoms with Crippen LogP contribution in [-0.4, -0.2) is 22.5 Å². The lowest BCUT2D eigenvalue weighted by Crippen LogP contribution is -2.52. The Labute approximate surface area is 119 Å². The van der Waals surface area contributed by atoms with E-state index in [2.05, 4.69) is 11.4 Å². The van der Waals surface area contributed by atoms with Crippen LogP contribution in [0.5, 0.6) is 0 Å². The molecule has 1 fully saturated rings. The van der Waals surface area contributed by atoms with Gasteiger partial charge in [-0.2, -0.15) is 0 Å². The van der Waals surface area contributed by atoms with Gasteiger partial charge in [-0.05, 0) is 31.7 Å². The van der Waals surface area contributed by atoms with Crippen LogP contribution in [0.3, 0.4) is 0 Å². The molecule has 2 rings (SSSR count). The lowest BCUT2D eigenvalue weighted by molar-refractivity contribution is -0.147. The second-order valence-corrected chi connectivity index (χ2v) is 5.63. The number of nitrogens with one attached hydrogen (secondary N) is 1. The molecular formula is C16H21NO3. The molecule has 0 spiro atoms. The van der Waals surface area contributed by atoms with E-state index in [9.17, 15) is 14.7 Å². The predicted molar refractivity (Wildman–Crippen MR) is 76.5 cm³/mol. The number of carbonyl (C=O) groups is 2. The maximum atomic E-state index is 12.0. The Kier molecular flexibility index (Phi) is 4.42. The lowest BCUT2D eigenvalue weighted by Gasteiger charge is -2.25. The number of carboxylic acid groups (broad SMARTS) is 1. The summed E-state index contributed by atoms with van der Waals surface area (Å²) in [6.07, 6.45) is 3.79. The highest BCUT2D eigenvalue weighted by Crippen LogP contribution is 2.30. The minimum absolute atomic E-state index is 0.171. The van der Waals surface area contributed by atoms with Gasteiger partial charge in [0.15, 0.2) is 0 Å². The number of aliphatic carboxylic acids is 1. The number of hydrogen-bond acceptors (Lipinski definition) is 2. The van der Waals surface area contributed by atoms with E-state index in [1.165, 1.54) is 5.56 Å². The molecule has 20 heavy (non-hydrogen) atoms. The van der Waals surface area contributed by atoms with Crippen molar-refractivity contribution in [2.75, 3.05) is 0 Å². The fourth-order valence-electron chi connectivity index (χ4n) is 2.83. The minimum atomic E-state index is -1.02. The van der Waals surface area contributed by atoms with Gasteiger partial charge in [-0.1, -0.05) is 42.7 Å². The molecule has 1 aliphatic rings. The Bertz CT molecular complexity index is 504. The second kappa shape index (κ2) is 6.07. The Morgan fingerprint density at radius 3 is 2.60 bits per heavy atom. The summed E-state index contributed by atoms with van der Waals surface area (Å²) in [5.41, 5.74) is 1.25. The Hall–Kier alpha value is -1.84. The summed E-state index contributed by atoms with van der Waals surface area (Å²) in [6, 6.07) is 8.03. The van der Waals surface area contributed by atoms with Crippen LogP contribution in [0.15, 0.2) is 24.3 Å². The average molecular weight is 275 g/mol. The standard InChI is InChI=1S/C16H21NO3/c1-12-5-4-6-13(11-12)7-8-14(18)17-16(15(19)20)9-2-3-10-16/h4-6,11H,2-3,7-10H2,1H3,(H,17,18)(H,19,20). The first-order valence-electron chi connectivity index (χ1n) is 7.12. The molecule has 1 aliphatic carbocycles. The number of hydrogen-bond donors (Lipinski definition) is 2. The van der Waals surface area contributed by atoms with Crippen LogP contribution in [0.1, 0.15) is 43.2 Å². The van der Waals surface area contributed by atoms with E-state index in [0.717, 1.165) is 18.4 Å². The van der Waals surface area contributed by atoms with Crippen molar-refractivity contribution in [2.24, 2.45) is 0 Å². The molecule has 0 unspecified atom stereocenters. The normalized spacial score (nSPS) is 16.9. The van der Waals surface area contributed by atoms with Gasteiger partial charge in [0.1, 0.15) is 5.54 Å². The first-order chi connectivity index (χ1) is 9.52. The molecule has 0 aliphatic heterocycles. The fourth-order valence-corrected chi connectivity index (χ4v) is 2.83. The van der Waals surface area contributed by atoms with Gasteiger partial charge in [0, 0.05) is 6.42 Å². The number of amides is 1. The van der Waals surface area contributed by atoms with Gasteiger partial charge in [0.05, 0.1) is 0 Å². The van der Waals surface area contributed by atoms with Crippen molar-refractivity contribution in [1.29, 1.82) is 0 Å². The number of benzene rings is 1. The van der Waals surface area contributed by atoms with Crippen LogP contribution in [0, 0.1) is 6.92 Å². The molecule has 0 aromatic heterocycles. The van der Waals surface area contributed by atoms with Gasteiger partial charge >= 0.3 is 5.97 Å². The van der Waals surface area contributed by atoms with E-state index < -0.39 is 11.5 Å². The molecule has 0 radical (unpaired) electrons. The molecule has 108 valence electrons. The van der Waals surface area contributed by atoms with Crippen LogP contribution in [0.4, 0.5) is 0 Å². The van der Waals surface area contributed by atoms with Gasteiger partial charge in [-0.25, -0.2) is 4.79 Å². The Balaban J connectivity index is 1.90. The SMILES string of the molecule is Cc1cccc(CCC(=O)NC2(C(=O)O)CCCC2)c1. The smallest absolute Gasteiger partial charge is 0.329 e. The van der Waals surface area contributed by atoms with Crippen molar-refractivity contribution in [2.45, 2.75) is 51.0 Å². The van der Waals surface area contributed by atoms with E-state index >= 15 is 0 Å². The highest BCUT2D eigenvalue weighted by Gasteiger charge is 2.42. The molecule has 2 N–H and O–H groups in total. The van der Waals surface area contributed by atoms with E-state index in [0.29, 0.717) is 25.7 Å². The third-order valence-corrected chi connectivity index (χ3v) is 3.97. The molecule has 4 nitrogen and oxygen atoms in total. The zero-order valence-electron chi connectivity index (χ0n) is 11.8. The number of carboxylic acids is 1. The lowest BCUT2D eigenvalue weighted by atomic mass is 9.97. The zero-order chi connectivity index (χ0) is 14.6. The summed E-state index contributed by atoms with van der Waals surface area (Å²) in [6.45, 7) is 2.02. The van der Waals surface area contributed by atoms with Crippen LogP contribution in [-0.2, 0) is 16.0 Å². The topological polar surface area (TPSA) is 66.4 Å². The van der Waals surface area contributed by atoms with Gasteiger partial charge in [0.2, 0.25) is 5.91 Å². The summed E-state index contributed by atoms with van der Waals surface area (Å²) >= 11 is 0. The van der Waals surface area contributed by atoms with Crippen LogP contribution in [0.25, 0.3) is 0 Å². The number of rotatable bonds is 5. The quantitative estimate of drug-likeness (QED) is 0.867. The van der Waals surface area contributed by atoms with Crippen molar-refractivity contribution in [3.05, 3.63) is 35.4 Å². The molecule has 0 saturated heterocycles. The van der Waals surface area contributed by atoms with E-state index in [4.69, 9.17) is 0 Å². The van der Waals surface area contributed by atoms with Crippen LogP contribution < -0.4 is 5.32 Å². The molecule has 0 heterocycles. The van der Waals surface area contributed by atoms with Gasteiger partial charge in [0.25, 0.3) is 0 Å². The highest BCUT2D eigenvalue weighted by atomic mass is 16.4. The fraction of sp³-hybridized carbons (Fsp3) is 0.500. The summed E-state index contributed by atoms with van der Waals surface area (Å²) in [5.74, 6) is -1.07. The third kappa shape index (κ3) is 3.38. The Morgan fingerprint density at radius 1 is 1.30 bits per heavy atom. The molecule has 0 bridgehead atoms. The summed E-state index contributed by atoms with van der Waals surface area (Å²) in [7, 11) is 0. The first kappa shape index (κ1) is 14.6. The number of carbonyl (C=O) groups excluding carboxylic acids is 1. The molecule has 1 aromatic rings. The monoisotopic (exact) mass is 275 g/mol. The van der Waals surface area contributed by atoms with Crippen LogP contribution >= 0.6 is 0 Å². The maximum absolute atomic E-state index is 12.0. The summed E-state index contributed by atoms with van der Waals surface area (Å²) < 4.78 is 0. The minimum Gasteiger partial charge on any atom is -0.480 e. The van der Waals surface area contributed by atoms with Gasteiger partial charge in [-0.15, -0.1) is 0 Å². The molecule has 0 atom stereocenters. The van der Waals surface area contributed by atoms with Gasteiger partial charge in [-0.3, -0.25) is 4.79 Å². The van der Waals surface area contributed by atoms with Crippen molar-refractivity contribution < 1.29 is 14.7 Å². The first-order valence-corrected chi connectivity index (χ1v) is 7.12. The largest absolute Gasteiger partial charge is 0.480 e. The van der Waals surface area contributed by atoms with Crippen molar-refractivity contribution in [3.8, 4) is 0 Å². The third-order valence-electron chi connectivity index (χ3n) is 3.97. The molecular weight excluding hydrogens is 254 g/mol. The van der Waals surface area contributed by atoms with Crippen molar-refractivity contribution in [3.63, 3.8) is 0 Å². The van der Waals surface area contributed by atoms with E-state index in [1.54, 1.807) is 0 Å². The molecule has 4 heteroatoms. The Morgan fingerprint density at radius 2 is 2.00 bits per heavy atom. The predicted octanol–water partition coefficient (Wildman–Crippen LogP) is 2.44. The average Bonchev–Trinajstić information content (AvgIpc) is 2.86. The van der Waals surface area contributed by atoms with E-state index in [-0.39, 0.29) is 5.91 Å². The van der Waals surface area contributed by atoms with Crippen LogP contribution in [0.2, 0.25) is 0 Å². The molecule has 1 saturated carbocycles. The zero-order valence-corrected chi connectivity index (χ0v) is 11.8. The van der Waals surface area contributed by atoms with E-state index in [1.807, 2.05) is 25.1 Å².